The molecule has 0 radical (unpaired) electrons. The molecule has 0 saturated heterocycles. The van der Waals surface area contributed by atoms with E-state index in [0.29, 0.717) is 16.9 Å². The van der Waals surface area contributed by atoms with E-state index in [2.05, 4.69) is 20.8 Å². The van der Waals surface area contributed by atoms with E-state index in [4.69, 9.17) is 5.73 Å². The lowest BCUT2D eigenvalue weighted by atomic mass is 9.49. The molecule has 3 fully saturated rings. The molecule has 3 saturated carbocycles. The van der Waals surface area contributed by atoms with Crippen molar-refractivity contribution in [2.24, 2.45) is 22.5 Å². The smallest absolute Gasteiger partial charge is 0.0132 e. The maximum absolute atomic E-state index is 6.04. The summed E-state index contributed by atoms with van der Waals surface area (Å²) in [5.74, 6) is 0.817. The fourth-order valence-corrected chi connectivity index (χ4v) is 3.13. The van der Waals surface area contributed by atoms with Crippen molar-refractivity contribution in [3.8, 4) is 0 Å². The van der Waals surface area contributed by atoms with E-state index in [9.17, 15) is 0 Å². The summed E-state index contributed by atoms with van der Waals surface area (Å²) in [5.41, 5.74) is 7.04. The van der Waals surface area contributed by atoms with E-state index in [1.165, 1.54) is 12.8 Å². The SMILES string of the molecule is CC1(C)[C@@H]2CC[C@]1(C)[C@@H]2N. The summed E-state index contributed by atoms with van der Waals surface area (Å²) in [4.78, 5) is 0. The zero-order valence-electron chi connectivity index (χ0n) is 7.15. The first-order valence-corrected chi connectivity index (χ1v) is 4.26. The summed E-state index contributed by atoms with van der Waals surface area (Å²) in [6, 6.07) is 0.502. The van der Waals surface area contributed by atoms with E-state index in [-0.39, 0.29) is 0 Å². The molecule has 2 bridgehead atoms. The van der Waals surface area contributed by atoms with Crippen molar-refractivity contribution in [3.05, 3.63) is 0 Å². The van der Waals surface area contributed by atoms with Crippen molar-refractivity contribution in [2.45, 2.75) is 39.7 Å². The minimum Gasteiger partial charge on any atom is -0.327 e. The maximum atomic E-state index is 6.04. The third-order valence-electron chi connectivity index (χ3n) is 4.54. The van der Waals surface area contributed by atoms with Gasteiger partial charge in [0.2, 0.25) is 0 Å². The number of hydrogen-bond acceptors (Lipinski definition) is 1. The van der Waals surface area contributed by atoms with Crippen molar-refractivity contribution in [3.63, 3.8) is 0 Å². The first-order valence-electron chi connectivity index (χ1n) is 4.26. The highest BCUT2D eigenvalue weighted by Crippen LogP contribution is 2.69. The summed E-state index contributed by atoms with van der Waals surface area (Å²) in [6.07, 6.45) is 2.72. The van der Waals surface area contributed by atoms with Gasteiger partial charge in [-0.15, -0.1) is 0 Å². The molecule has 58 valence electrons. The molecule has 3 aliphatic carbocycles. The van der Waals surface area contributed by atoms with E-state index in [0.717, 1.165) is 5.92 Å². The van der Waals surface area contributed by atoms with E-state index < -0.39 is 0 Å². The van der Waals surface area contributed by atoms with Crippen LogP contribution in [-0.4, -0.2) is 6.04 Å². The zero-order chi connectivity index (χ0) is 7.57. The second kappa shape index (κ2) is 1.42. The molecule has 0 amide bonds. The molecule has 0 aromatic heterocycles. The Bertz CT molecular complexity index is 174. The van der Waals surface area contributed by atoms with Gasteiger partial charge in [-0.2, -0.15) is 0 Å². The molecule has 1 heteroatoms. The lowest BCUT2D eigenvalue weighted by molar-refractivity contribution is -0.0668. The molecule has 0 aromatic carbocycles. The first-order chi connectivity index (χ1) is 4.50. The fraction of sp³-hybridized carbons (Fsp3) is 1.00. The van der Waals surface area contributed by atoms with Crippen LogP contribution in [0.1, 0.15) is 33.6 Å². The predicted octanol–water partition coefficient (Wildman–Crippen LogP) is 1.77. The molecule has 0 heterocycles. The monoisotopic (exact) mass is 139 g/mol. The van der Waals surface area contributed by atoms with Crippen LogP contribution in [0.4, 0.5) is 0 Å². The molecule has 3 aliphatic rings. The minimum absolute atomic E-state index is 0.470. The largest absolute Gasteiger partial charge is 0.327 e. The second-order valence-corrected chi connectivity index (χ2v) is 4.81. The molecule has 10 heavy (non-hydrogen) atoms. The Morgan fingerprint density at radius 1 is 1.30 bits per heavy atom. The van der Waals surface area contributed by atoms with Gasteiger partial charge in [0, 0.05) is 6.04 Å². The second-order valence-electron chi connectivity index (χ2n) is 4.81. The normalized spacial score (nSPS) is 56.4. The van der Waals surface area contributed by atoms with Gasteiger partial charge in [0.15, 0.2) is 0 Å². The van der Waals surface area contributed by atoms with Crippen LogP contribution < -0.4 is 5.73 Å². The molecular weight excluding hydrogens is 122 g/mol. The van der Waals surface area contributed by atoms with Gasteiger partial charge in [-0.05, 0) is 29.6 Å². The van der Waals surface area contributed by atoms with E-state index >= 15 is 0 Å². The average molecular weight is 139 g/mol. The number of hydrogen-bond donors (Lipinski definition) is 1. The lowest BCUT2D eigenvalue weighted by Crippen LogP contribution is -2.62. The highest BCUT2D eigenvalue weighted by molar-refractivity contribution is 5.19. The van der Waals surface area contributed by atoms with Crippen LogP contribution in [0, 0.1) is 16.7 Å². The topological polar surface area (TPSA) is 26.0 Å². The van der Waals surface area contributed by atoms with Crippen molar-refractivity contribution < 1.29 is 0 Å². The third kappa shape index (κ3) is 0.402. The molecule has 0 unspecified atom stereocenters. The lowest BCUT2D eigenvalue weighted by Gasteiger charge is -2.58. The molecule has 3 rings (SSSR count). The highest BCUT2D eigenvalue weighted by atomic mass is 14.9. The van der Waals surface area contributed by atoms with Crippen molar-refractivity contribution in [1.29, 1.82) is 0 Å². The third-order valence-corrected chi connectivity index (χ3v) is 4.54. The summed E-state index contributed by atoms with van der Waals surface area (Å²) < 4.78 is 0. The summed E-state index contributed by atoms with van der Waals surface area (Å²) >= 11 is 0. The fourth-order valence-electron chi connectivity index (χ4n) is 3.13. The maximum Gasteiger partial charge on any atom is 0.0132 e. The Balaban J connectivity index is 2.35. The Labute approximate surface area is 63.0 Å². The zero-order valence-corrected chi connectivity index (χ0v) is 7.15. The van der Waals surface area contributed by atoms with Gasteiger partial charge in [-0.1, -0.05) is 20.8 Å². The Morgan fingerprint density at radius 3 is 2.00 bits per heavy atom. The van der Waals surface area contributed by atoms with Gasteiger partial charge in [0.1, 0.15) is 0 Å². The van der Waals surface area contributed by atoms with Crippen molar-refractivity contribution in [2.75, 3.05) is 0 Å². The minimum atomic E-state index is 0.470. The predicted molar refractivity (Wildman–Crippen MR) is 42.6 cm³/mol. The van der Waals surface area contributed by atoms with Crippen LogP contribution in [0.15, 0.2) is 0 Å². The van der Waals surface area contributed by atoms with Gasteiger partial charge in [-0.3, -0.25) is 0 Å². The van der Waals surface area contributed by atoms with E-state index in [1.54, 1.807) is 0 Å². The molecule has 2 N–H and O–H groups in total. The summed E-state index contributed by atoms with van der Waals surface area (Å²) in [6.45, 7) is 7.09. The van der Waals surface area contributed by atoms with Gasteiger partial charge in [0.25, 0.3) is 0 Å². The van der Waals surface area contributed by atoms with Crippen LogP contribution in [0.5, 0.6) is 0 Å². The number of nitrogens with two attached hydrogens (primary N) is 1. The van der Waals surface area contributed by atoms with Crippen LogP contribution in [0.2, 0.25) is 0 Å². The van der Waals surface area contributed by atoms with Crippen LogP contribution in [-0.2, 0) is 0 Å². The van der Waals surface area contributed by atoms with Gasteiger partial charge < -0.3 is 5.73 Å². The van der Waals surface area contributed by atoms with Crippen molar-refractivity contribution >= 4 is 0 Å². The standard InChI is InChI=1S/C9H17N/c1-8(2)6-4-5-9(8,3)7(6)10/h6-7H,4-5,10H2,1-3H3/t6-,7-,9-/m1/s1. The number of rotatable bonds is 0. The molecule has 0 spiro atoms. The molecule has 0 aromatic rings. The van der Waals surface area contributed by atoms with Crippen LogP contribution in [0.25, 0.3) is 0 Å². The van der Waals surface area contributed by atoms with Crippen molar-refractivity contribution in [1.82, 2.24) is 0 Å². The average Bonchev–Trinajstić information content (AvgIpc) is 2.23. The Morgan fingerprint density at radius 2 is 1.90 bits per heavy atom. The first kappa shape index (κ1) is 6.66. The van der Waals surface area contributed by atoms with Gasteiger partial charge in [0.05, 0.1) is 0 Å². The molecular formula is C9H17N. The molecule has 1 nitrogen and oxygen atoms in total. The van der Waals surface area contributed by atoms with Crippen LogP contribution in [0.3, 0.4) is 0 Å². The Hall–Kier alpha value is -0.0400. The molecule has 3 atom stereocenters. The van der Waals surface area contributed by atoms with Gasteiger partial charge in [-0.25, -0.2) is 0 Å². The summed E-state index contributed by atoms with van der Waals surface area (Å²) in [7, 11) is 0. The van der Waals surface area contributed by atoms with E-state index in [1.807, 2.05) is 0 Å². The molecule has 0 aliphatic heterocycles. The summed E-state index contributed by atoms with van der Waals surface area (Å²) in [5, 5.41) is 0. The van der Waals surface area contributed by atoms with Gasteiger partial charge >= 0.3 is 0 Å². The quantitative estimate of drug-likeness (QED) is 0.544. The number of fused-ring (bicyclic) bond motifs is 1. The Kier molecular flexibility index (Phi) is 0.949. The highest BCUT2D eigenvalue weighted by Gasteiger charge is 2.67. The van der Waals surface area contributed by atoms with Crippen LogP contribution >= 0.6 is 0 Å².